The first kappa shape index (κ1) is 12.1. The molecular weight excluding hydrogens is 236 g/mol. The predicted octanol–water partition coefficient (Wildman–Crippen LogP) is 1.48. The maximum absolute atomic E-state index is 9.40. The highest BCUT2D eigenvalue weighted by Crippen LogP contribution is 2.31. The molecule has 0 bridgehead atoms. The number of hydrogen-bond acceptors (Lipinski definition) is 6. The Labute approximate surface area is 104 Å². The van der Waals surface area contributed by atoms with Gasteiger partial charge in [0.1, 0.15) is 10.6 Å². The van der Waals surface area contributed by atoms with Gasteiger partial charge in [-0.15, -0.1) is 11.3 Å². The molecule has 3 N–H and O–H groups in total. The van der Waals surface area contributed by atoms with E-state index in [2.05, 4.69) is 9.97 Å². The summed E-state index contributed by atoms with van der Waals surface area (Å²) < 4.78 is 0. The Kier molecular flexibility index (Phi) is 2.92. The van der Waals surface area contributed by atoms with Crippen LogP contribution in [0, 0.1) is 0 Å². The van der Waals surface area contributed by atoms with E-state index in [1.165, 1.54) is 11.3 Å². The maximum Gasteiger partial charge on any atom is 0.223 e. The summed E-state index contributed by atoms with van der Waals surface area (Å²) in [5, 5.41) is 12.3. The van der Waals surface area contributed by atoms with Crippen LogP contribution in [-0.2, 0) is 0 Å². The summed E-state index contributed by atoms with van der Waals surface area (Å²) >= 11 is 1.53. The second-order valence-corrected chi connectivity index (χ2v) is 5.47. The molecule has 0 spiro atoms. The Morgan fingerprint density at radius 1 is 1.47 bits per heavy atom. The summed E-state index contributed by atoms with van der Waals surface area (Å²) in [5.41, 5.74) is 5.31. The summed E-state index contributed by atoms with van der Waals surface area (Å²) in [4.78, 5) is 11.3. The van der Waals surface area contributed by atoms with Crippen LogP contribution in [0.25, 0.3) is 10.2 Å². The molecule has 0 saturated heterocycles. The number of anilines is 2. The van der Waals surface area contributed by atoms with Gasteiger partial charge in [0.15, 0.2) is 0 Å². The van der Waals surface area contributed by atoms with Gasteiger partial charge in [0.05, 0.1) is 17.5 Å². The van der Waals surface area contributed by atoms with Crippen LogP contribution >= 0.6 is 11.3 Å². The fraction of sp³-hybridized carbons (Fsp3) is 0.455. The molecule has 0 aliphatic heterocycles. The molecule has 0 aromatic carbocycles. The number of nitrogen functional groups attached to an aromatic ring is 1. The number of likely N-dealkylation sites (N-methyl/N-ethyl adjacent to an activating group) is 1. The standard InChI is InChI=1S/C11H16N4OS/c1-11(2,6-16)15(3)8-7-4-5-17-9(7)14-10(12)13-8/h4-5,16H,6H2,1-3H3,(H2,12,13,14). The SMILES string of the molecule is CN(c1nc(N)nc2sccc12)C(C)(C)CO. The minimum atomic E-state index is -0.393. The van der Waals surface area contributed by atoms with Crippen LogP contribution in [0.1, 0.15) is 13.8 Å². The average Bonchev–Trinajstić information content (AvgIpc) is 2.74. The fourth-order valence-corrected chi connectivity index (χ4v) is 2.27. The normalized spacial score (nSPS) is 12.0. The van der Waals surface area contributed by atoms with E-state index in [1.54, 1.807) is 0 Å². The Hall–Kier alpha value is -1.40. The number of rotatable bonds is 3. The van der Waals surface area contributed by atoms with Crippen LogP contribution in [0.5, 0.6) is 0 Å². The van der Waals surface area contributed by atoms with Crippen molar-refractivity contribution in [2.45, 2.75) is 19.4 Å². The zero-order valence-electron chi connectivity index (χ0n) is 10.1. The summed E-state index contributed by atoms with van der Waals surface area (Å²) in [7, 11) is 1.90. The lowest BCUT2D eigenvalue weighted by Gasteiger charge is -2.35. The smallest absolute Gasteiger partial charge is 0.223 e. The van der Waals surface area contributed by atoms with Gasteiger partial charge in [-0.2, -0.15) is 4.98 Å². The van der Waals surface area contributed by atoms with Crippen molar-refractivity contribution in [2.75, 3.05) is 24.3 Å². The van der Waals surface area contributed by atoms with Gasteiger partial charge in [-0.1, -0.05) is 0 Å². The summed E-state index contributed by atoms with van der Waals surface area (Å²) in [6.07, 6.45) is 0. The van der Waals surface area contributed by atoms with E-state index in [1.807, 2.05) is 37.2 Å². The largest absolute Gasteiger partial charge is 0.394 e. The van der Waals surface area contributed by atoms with Gasteiger partial charge in [0, 0.05) is 7.05 Å². The Morgan fingerprint density at radius 2 is 2.18 bits per heavy atom. The minimum absolute atomic E-state index is 0.0407. The highest BCUT2D eigenvalue weighted by atomic mass is 32.1. The average molecular weight is 252 g/mol. The van der Waals surface area contributed by atoms with E-state index in [0.717, 1.165) is 16.0 Å². The lowest BCUT2D eigenvalue weighted by molar-refractivity contribution is 0.216. The van der Waals surface area contributed by atoms with Crippen molar-refractivity contribution in [3.8, 4) is 0 Å². The Morgan fingerprint density at radius 3 is 2.82 bits per heavy atom. The quantitative estimate of drug-likeness (QED) is 0.865. The van der Waals surface area contributed by atoms with E-state index in [0.29, 0.717) is 0 Å². The van der Waals surface area contributed by atoms with Gasteiger partial charge in [-0.05, 0) is 25.3 Å². The second-order valence-electron chi connectivity index (χ2n) is 4.57. The number of aliphatic hydroxyl groups is 1. The van der Waals surface area contributed by atoms with Crippen molar-refractivity contribution < 1.29 is 5.11 Å². The molecule has 2 rings (SSSR count). The molecule has 0 aliphatic rings. The van der Waals surface area contributed by atoms with Crippen molar-refractivity contribution in [2.24, 2.45) is 0 Å². The van der Waals surface area contributed by atoms with E-state index in [-0.39, 0.29) is 12.6 Å². The van der Waals surface area contributed by atoms with E-state index < -0.39 is 5.54 Å². The van der Waals surface area contributed by atoms with Gasteiger partial charge in [-0.25, -0.2) is 4.98 Å². The molecule has 2 aromatic rings. The topological polar surface area (TPSA) is 75.3 Å². The van der Waals surface area contributed by atoms with E-state index in [9.17, 15) is 5.11 Å². The van der Waals surface area contributed by atoms with Crippen LogP contribution in [0.3, 0.4) is 0 Å². The molecule has 2 aromatic heterocycles. The second kappa shape index (κ2) is 4.12. The predicted molar refractivity (Wildman–Crippen MR) is 71.4 cm³/mol. The molecule has 5 nitrogen and oxygen atoms in total. The summed E-state index contributed by atoms with van der Waals surface area (Å²) in [5.74, 6) is 1.02. The minimum Gasteiger partial charge on any atom is -0.394 e. The van der Waals surface area contributed by atoms with E-state index in [4.69, 9.17) is 5.73 Å². The lowest BCUT2D eigenvalue weighted by Crippen LogP contribution is -2.45. The third-order valence-electron chi connectivity index (χ3n) is 2.93. The van der Waals surface area contributed by atoms with Crippen LogP contribution in [0.2, 0.25) is 0 Å². The van der Waals surface area contributed by atoms with Crippen LogP contribution in [-0.4, -0.2) is 34.3 Å². The van der Waals surface area contributed by atoms with Gasteiger partial charge >= 0.3 is 0 Å². The summed E-state index contributed by atoms with van der Waals surface area (Å²) in [6, 6.07) is 1.97. The number of nitrogens with zero attached hydrogens (tertiary/aromatic N) is 3. The first-order valence-corrected chi connectivity index (χ1v) is 6.19. The molecule has 0 atom stereocenters. The maximum atomic E-state index is 9.40. The van der Waals surface area contributed by atoms with Gasteiger partial charge < -0.3 is 15.7 Å². The Bertz CT molecular complexity index is 537. The molecule has 0 amide bonds. The monoisotopic (exact) mass is 252 g/mol. The van der Waals surface area contributed by atoms with Gasteiger partial charge in [0.2, 0.25) is 5.95 Å². The molecule has 0 aliphatic carbocycles. The van der Waals surface area contributed by atoms with Crippen LogP contribution in [0.4, 0.5) is 11.8 Å². The number of nitrogens with two attached hydrogens (primary N) is 1. The molecule has 17 heavy (non-hydrogen) atoms. The fourth-order valence-electron chi connectivity index (χ4n) is 1.50. The van der Waals surface area contributed by atoms with Crippen molar-refractivity contribution in [1.82, 2.24) is 9.97 Å². The molecule has 0 unspecified atom stereocenters. The molecule has 6 heteroatoms. The number of aromatic nitrogens is 2. The third kappa shape index (κ3) is 2.05. The molecule has 92 valence electrons. The molecule has 0 radical (unpaired) electrons. The number of thiophene rings is 1. The highest BCUT2D eigenvalue weighted by Gasteiger charge is 2.25. The third-order valence-corrected chi connectivity index (χ3v) is 3.74. The molecular formula is C11H16N4OS. The van der Waals surface area contributed by atoms with Crippen LogP contribution in [0.15, 0.2) is 11.4 Å². The number of hydrogen-bond donors (Lipinski definition) is 2. The van der Waals surface area contributed by atoms with Gasteiger partial charge in [0.25, 0.3) is 0 Å². The van der Waals surface area contributed by atoms with Crippen molar-refractivity contribution >= 4 is 33.3 Å². The Balaban J connectivity index is 2.58. The number of fused-ring (bicyclic) bond motifs is 1. The highest BCUT2D eigenvalue weighted by molar-refractivity contribution is 7.16. The zero-order chi connectivity index (χ0) is 12.6. The first-order valence-electron chi connectivity index (χ1n) is 5.31. The van der Waals surface area contributed by atoms with Crippen LogP contribution < -0.4 is 10.6 Å². The van der Waals surface area contributed by atoms with Crippen molar-refractivity contribution in [3.05, 3.63) is 11.4 Å². The molecule has 0 saturated carbocycles. The first-order chi connectivity index (χ1) is 7.95. The molecule has 2 heterocycles. The van der Waals surface area contributed by atoms with Crippen molar-refractivity contribution in [3.63, 3.8) is 0 Å². The lowest BCUT2D eigenvalue weighted by atomic mass is 10.1. The number of aliphatic hydroxyl groups excluding tert-OH is 1. The summed E-state index contributed by atoms with van der Waals surface area (Å²) in [6.45, 7) is 3.94. The van der Waals surface area contributed by atoms with Crippen molar-refractivity contribution in [1.29, 1.82) is 0 Å². The zero-order valence-corrected chi connectivity index (χ0v) is 11.0. The van der Waals surface area contributed by atoms with E-state index >= 15 is 0 Å². The van der Waals surface area contributed by atoms with Gasteiger partial charge in [-0.3, -0.25) is 0 Å². The molecule has 0 fully saturated rings.